The molecule has 0 saturated heterocycles. The number of ether oxygens (including phenoxy) is 1. The van der Waals surface area contributed by atoms with Gasteiger partial charge < -0.3 is 4.74 Å². The van der Waals surface area contributed by atoms with E-state index in [1.165, 1.54) is 7.11 Å². The molecule has 0 aliphatic heterocycles. The average Bonchev–Trinajstić information content (AvgIpc) is 2.10. The fourth-order valence-corrected chi connectivity index (χ4v) is 2.11. The molecule has 0 aliphatic carbocycles. The predicted octanol–water partition coefficient (Wildman–Crippen LogP) is 3.65. The second-order valence-corrected chi connectivity index (χ2v) is 4.35. The molecule has 0 aromatic heterocycles. The van der Waals surface area contributed by atoms with Crippen molar-refractivity contribution in [3.63, 3.8) is 0 Å². The van der Waals surface area contributed by atoms with E-state index >= 15 is 0 Å². The van der Waals surface area contributed by atoms with Crippen LogP contribution in [0.3, 0.4) is 0 Å². The van der Waals surface area contributed by atoms with Crippen molar-refractivity contribution in [1.29, 1.82) is 0 Å². The predicted molar refractivity (Wildman–Crippen MR) is 58.2 cm³/mol. The number of methoxy groups -OCH3 is 1. The molecule has 0 amide bonds. The molecule has 0 fully saturated rings. The molecule has 0 radical (unpaired) electrons. The van der Waals surface area contributed by atoms with Crippen LogP contribution < -0.4 is 0 Å². The van der Waals surface area contributed by atoms with Crippen LogP contribution in [0.15, 0.2) is 21.1 Å². The highest BCUT2D eigenvalue weighted by atomic mass is 79.9. The zero-order chi connectivity index (χ0) is 10.0. The number of hydrogen-bond acceptors (Lipinski definition) is 2. The van der Waals surface area contributed by atoms with E-state index in [9.17, 15) is 4.79 Å². The van der Waals surface area contributed by atoms with Gasteiger partial charge in [0.2, 0.25) is 0 Å². The smallest absolute Gasteiger partial charge is 0.339 e. The summed E-state index contributed by atoms with van der Waals surface area (Å²) in [5.74, 6) is -0.415. The van der Waals surface area contributed by atoms with Gasteiger partial charge in [0.1, 0.15) is 0 Å². The Balaban J connectivity index is 3.23. The summed E-state index contributed by atoms with van der Waals surface area (Å²) in [6.07, 6.45) is 0. The Kier molecular flexibility index (Phi) is 3.76. The van der Waals surface area contributed by atoms with Gasteiger partial charge in [-0.3, -0.25) is 0 Å². The maximum absolute atomic E-state index is 11.2. The SMILES string of the molecule is COC(=O)c1cc(Cl)c(Br)cc1Br. The van der Waals surface area contributed by atoms with E-state index in [1.807, 2.05) is 0 Å². The maximum Gasteiger partial charge on any atom is 0.339 e. The van der Waals surface area contributed by atoms with Crippen LogP contribution in [0, 0.1) is 0 Å². The number of hydrogen-bond donors (Lipinski definition) is 0. The topological polar surface area (TPSA) is 26.3 Å². The zero-order valence-corrected chi connectivity index (χ0v) is 10.5. The Morgan fingerprint density at radius 3 is 2.54 bits per heavy atom. The Morgan fingerprint density at radius 2 is 2.00 bits per heavy atom. The second-order valence-electron chi connectivity index (χ2n) is 2.24. The molecule has 1 aromatic rings. The number of esters is 1. The molecule has 13 heavy (non-hydrogen) atoms. The number of halogens is 3. The highest BCUT2D eigenvalue weighted by molar-refractivity contribution is 9.11. The largest absolute Gasteiger partial charge is 0.465 e. The molecule has 1 aromatic carbocycles. The fourth-order valence-electron chi connectivity index (χ4n) is 0.789. The molecule has 5 heteroatoms. The van der Waals surface area contributed by atoms with Crippen LogP contribution in [0.4, 0.5) is 0 Å². The molecule has 1 rings (SSSR count). The van der Waals surface area contributed by atoms with E-state index in [2.05, 4.69) is 36.6 Å². The molecule has 0 spiro atoms. The van der Waals surface area contributed by atoms with E-state index in [1.54, 1.807) is 12.1 Å². The number of rotatable bonds is 1. The molecule has 70 valence electrons. The van der Waals surface area contributed by atoms with Crippen molar-refractivity contribution in [2.24, 2.45) is 0 Å². The summed E-state index contributed by atoms with van der Waals surface area (Å²) < 4.78 is 5.95. The third-order valence-electron chi connectivity index (χ3n) is 1.42. The first kappa shape index (κ1) is 11.0. The quantitative estimate of drug-likeness (QED) is 0.581. The minimum absolute atomic E-state index is 0.413. The van der Waals surface area contributed by atoms with E-state index in [-0.39, 0.29) is 0 Å². The van der Waals surface area contributed by atoms with E-state index in [0.717, 1.165) is 4.47 Å². The van der Waals surface area contributed by atoms with Crippen molar-refractivity contribution >= 4 is 49.4 Å². The lowest BCUT2D eigenvalue weighted by atomic mass is 10.2. The van der Waals surface area contributed by atoms with Gasteiger partial charge in [0.05, 0.1) is 17.7 Å². The van der Waals surface area contributed by atoms with Gasteiger partial charge >= 0.3 is 5.97 Å². The van der Waals surface area contributed by atoms with Crippen LogP contribution >= 0.6 is 43.5 Å². The third kappa shape index (κ3) is 2.45. The van der Waals surface area contributed by atoms with E-state index in [0.29, 0.717) is 15.1 Å². The van der Waals surface area contributed by atoms with Crippen molar-refractivity contribution in [2.45, 2.75) is 0 Å². The number of carbonyl (C=O) groups is 1. The molecule has 0 atom stereocenters. The van der Waals surface area contributed by atoms with Crippen LogP contribution in [-0.2, 0) is 4.74 Å². The molecule has 0 bridgehead atoms. The van der Waals surface area contributed by atoms with Gasteiger partial charge in [-0.05, 0) is 44.0 Å². The Bertz CT molecular complexity index is 352. The van der Waals surface area contributed by atoms with Crippen molar-refractivity contribution < 1.29 is 9.53 Å². The third-order valence-corrected chi connectivity index (χ3v) is 3.27. The van der Waals surface area contributed by atoms with Crippen LogP contribution in [0.5, 0.6) is 0 Å². The lowest BCUT2D eigenvalue weighted by molar-refractivity contribution is 0.0599. The van der Waals surface area contributed by atoms with Crippen LogP contribution in [0.2, 0.25) is 5.02 Å². The second kappa shape index (κ2) is 4.44. The van der Waals surface area contributed by atoms with Crippen LogP contribution in [-0.4, -0.2) is 13.1 Å². The lowest BCUT2D eigenvalue weighted by Gasteiger charge is -2.04. The van der Waals surface area contributed by atoms with Gasteiger partial charge in [0.25, 0.3) is 0 Å². The fraction of sp³-hybridized carbons (Fsp3) is 0.125. The molecule has 0 aliphatic rings. The molecule has 0 unspecified atom stereocenters. The molecular formula is C8H5Br2ClO2. The molecular weight excluding hydrogens is 323 g/mol. The Hall–Kier alpha value is -0.0600. The summed E-state index contributed by atoms with van der Waals surface area (Å²) in [6, 6.07) is 3.25. The van der Waals surface area contributed by atoms with Crippen molar-refractivity contribution in [3.05, 3.63) is 31.7 Å². The first-order chi connectivity index (χ1) is 6.06. The minimum Gasteiger partial charge on any atom is -0.465 e. The summed E-state index contributed by atoms with van der Waals surface area (Å²) in [6.45, 7) is 0. The Morgan fingerprint density at radius 1 is 1.38 bits per heavy atom. The van der Waals surface area contributed by atoms with Gasteiger partial charge in [-0.15, -0.1) is 0 Å². The standard InChI is InChI=1S/C8H5Br2ClO2/c1-13-8(12)4-2-7(11)6(10)3-5(4)9/h2-3H,1H3. The molecule has 0 heterocycles. The first-order valence-electron chi connectivity index (χ1n) is 3.29. The summed E-state index contributed by atoms with van der Waals surface area (Å²) in [5, 5.41) is 0.476. The maximum atomic E-state index is 11.2. The van der Waals surface area contributed by atoms with Gasteiger partial charge in [-0.2, -0.15) is 0 Å². The Labute approximate surface area is 97.5 Å². The van der Waals surface area contributed by atoms with Crippen LogP contribution in [0.1, 0.15) is 10.4 Å². The van der Waals surface area contributed by atoms with E-state index in [4.69, 9.17) is 11.6 Å². The average molecular weight is 328 g/mol. The number of benzene rings is 1. The van der Waals surface area contributed by atoms with Gasteiger partial charge in [0.15, 0.2) is 0 Å². The first-order valence-corrected chi connectivity index (χ1v) is 5.25. The van der Waals surface area contributed by atoms with Crippen molar-refractivity contribution in [1.82, 2.24) is 0 Å². The van der Waals surface area contributed by atoms with Gasteiger partial charge in [-0.1, -0.05) is 11.6 Å². The number of carbonyl (C=O) groups excluding carboxylic acids is 1. The highest BCUT2D eigenvalue weighted by Crippen LogP contribution is 2.29. The van der Waals surface area contributed by atoms with E-state index < -0.39 is 5.97 Å². The summed E-state index contributed by atoms with van der Waals surface area (Å²) in [7, 11) is 1.32. The highest BCUT2D eigenvalue weighted by Gasteiger charge is 2.12. The molecule has 0 saturated carbocycles. The monoisotopic (exact) mass is 326 g/mol. The van der Waals surface area contributed by atoms with Crippen molar-refractivity contribution in [2.75, 3.05) is 7.11 Å². The molecule has 2 nitrogen and oxygen atoms in total. The van der Waals surface area contributed by atoms with Gasteiger partial charge in [0, 0.05) is 8.95 Å². The summed E-state index contributed by atoms with van der Waals surface area (Å²) in [4.78, 5) is 11.2. The molecule has 0 N–H and O–H groups in total. The zero-order valence-electron chi connectivity index (χ0n) is 6.61. The summed E-state index contributed by atoms with van der Waals surface area (Å²) >= 11 is 12.3. The van der Waals surface area contributed by atoms with Crippen LogP contribution in [0.25, 0.3) is 0 Å². The lowest BCUT2D eigenvalue weighted by Crippen LogP contribution is -2.02. The normalized spacial score (nSPS) is 9.85. The van der Waals surface area contributed by atoms with Crippen molar-refractivity contribution in [3.8, 4) is 0 Å². The summed E-state index contributed by atoms with van der Waals surface area (Å²) in [5.41, 5.74) is 0.413. The van der Waals surface area contributed by atoms with Gasteiger partial charge in [-0.25, -0.2) is 4.79 Å². The minimum atomic E-state index is -0.415.